The molecule has 4 rings (SSSR count). The predicted octanol–water partition coefficient (Wildman–Crippen LogP) is 2.41. The predicted molar refractivity (Wildman–Crippen MR) is 125 cm³/mol. The summed E-state index contributed by atoms with van der Waals surface area (Å²) in [6.07, 6.45) is 0.949. The Bertz CT molecular complexity index is 1280. The van der Waals surface area contributed by atoms with Crippen molar-refractivity contribution in [2.24, 2.45) is 5.16 Å². The lowest BCUT2D eigenvalue weighted by atomic mass is 9.93. The van der Waals surface area contributed by atoms with Crippen molar-refractivity contribution in [1.82, 2.24) is 9.62 Å². The molecule has 0 amide bonds. The molecule has 184 valence electrons. The highest BCUT2D eigenvalue weighted by atomic mass is 32.2. The van der Waals surface area contributed by atoms with E-state index in [4.69, 9.17) is 9.25 Å². The van der Waals surface area contributed by atoms with E-state index in [0.29, 0.717) is 18.6 Å². The summed E-state index contributed by atoms with van der Waals surface area (Å²) in [7, 11) is -2.77. The Balaban J connectivity index is 1.57. The summed E-state index contributed by atoms with van der Waals surface area (Å²) < 4.78 is 32.2. The first-order valence-corrected chi connectivity index (χ1v) is 12.9. The van der Waals surface area contributed by atoms with E-state index in [0.717, 1.165) is 21.2 Å². The number of Topliss-reactive ketones (excluding diaryl/α,β-unsaturated/α-hetero) is 1. The van der Waals surface area contributed by atoms with E-state index in [2.05, 4.69) is 15.8 Å². The van der Waals surface area contributed by atoms with Gasteiger partial charge in [-0.2, -0.15) is 0 Å². The Morgan fingerprint density at radius 1 is 1.41 bits per heavy atom. The molecule has 2 aromatic heterocycles. The van der Waals surface area contributed by atoms with Crippen LogP contribution < -0.4 is 10.6 Å². The third-order valence-corrected chi connectivity index (χ3v) is 8.90. The number of carbonyl (C=O) groups is 1. The maximum Gasteiger partial charge on any atom is 0.278 e. The van der Waals surface area contributed by atoms with E-state index in [-0.39, 0.29) is 39.3 Å². The van der Waals surface area contributed by atoms with Crippen molar-refractivity contribution in [3.8, 4) is 5.75 Å². The number of oxime groups is 1. The zero-order valence-corrected chi connectivity index (χ0v) is 20.7. The van der Waals surface area contributed by atoms with Crippen LogP contribution in [0.5, 0.6) is 5.75 Å². The lowest BCUT2D eigenvalue weighted by Gasteiger charge is -2.32. The minimum atomic E-state index is -4.10. The fraction of sp³-hybridized carbons (Fsp3) is 0.429. The first-order valence-electron chi connectivity index (χ1n) is 10.6. The van der Waals surface area contributed by atoms with E-state index in [1.54, 1.807) is 13.2 Å². The second-order valence-corrected chi connectivity index (χ2v) is 11.2. The summed E-state index contributed by atoms with van der Waals surface area (Å²) in [4.78, 5) is 17.4. The molecule has 0 bridgehead atoms. The SMILES string of the molecule is CC[C@@H](NC1=C(Nc2csc(S(=O)(=O)N(C)C3=NOC(C)C3)c2O)C(=O)C1O)c1cc(C)co1. The molecule has 3 atom stereocenters. The van der Waals surface area contributed by atoms with Crippen molar-refractivity contribution >= 4 is 38.7 Å². The van der Waals surface area contributed by atoms with Crippen molar-refractivity contribution in [2.45, 2.75) is 56.1 Å². The van der Waals surface area contributed by atoms with Crippen LogP contribution in [-0.4, -0.2) is 53.8 Å². The van der Waals surface area contributed by atoms with Crippen LogP contribution >= 0.6 is 11.3 Å². The number of amidine groups is 1. The summed E-state index contributed by atoms with van der Waals surface area (Å²) in [5.74, 6) is -0.230. The minimum Gasteiger partial charge on any atom is -0.504 e. The van der Waals surface area contributed by atoms with Crippen LogP contribution in [0.2, 0.25) is 0 Å². The van der Waals surface area contributed by atoms with Crippen LogP contribution in [0.3, 0.4) is 0 Å². The topological polar surface area (TPSA) is 154 Å². The molecular weight excluding hydrogens is 484 g/mol. The van der Waals surface area contributed by atoms with Crippen LogP contribution in [0, 0.1) is 6.92 Å². The number of aliphatic hydroxyl groups excluding tert-OH is 1. The molecule has 1 aliphatic carbocycles. The number of furan rings is 1. The molecule has 0 aromatic carbocycles. The first kappa shape index (κ1) is 24.1. The fourth-order valence-electron chi connectivity index (χ4n) is 3.61. The molecule has 0 saturated heterocycles. The summed E-state index contributed by atoms with van der Waals surface area (Å²) in [6, 6.07) is 1.57. The average Bonchev–Trinajstić information content (AvgIpc) is 3.53. The lowest BCUT2D eigenvalue weighted by Crippen LogP contribution is -2.46. The highest BCUT2D eigenvalue weighted by Gasteiger charge is 2.41. The van der Waals surface area contributed by atoms with Gasteiger partial charge in [-0.1, -0.05) is 12.1 Å². The number of nitrogens with one attached hydrogen (secondary N) is 2. The summed E-state index contributed by atoms with van der Waals surface area (Å²) in [5, 5.41) is 31.9. The van der Waals surface area contributed by atoms with Crippen molar-refractivity contribution in [1.29, 1.82) is 0 Å². The lowest BCUT2D eigenvalue weighted by molar-refractivity contribution is -0.124. The smallest absolute Gasteiger partial charge is 0.278 e. The number of rotatable bonds is 8. The number of hydrogen-bond donors (Lipinski definition) is 4. The molecule has 11 nitrogen and oxygen atoms in total. The molecule has 2 aromatic rings. The number of aryl methyl sites for hydroxylation is 1. The van der Waals surface area contributed by atoms with Crippen molar-refractivity contribution in [2.75, 3.05) is 12.4 Å². The van der Waals surface area contributed by atoms with Gasteiger partial charge in [0.1, 0.15) is 17.6 Å². The van der Waals surface area contributed by atoms with Gasteiger partial charge < -0.3 is 30.1 Å². The Morgan fingerprint density at radius 3 is 2.74 bits per heavy atom. The van der Waals surface area contributed by atoms with Crippen LogP contribution in [0.1, 0.15) is 44.1 Å². The van der Waals surface area contributed by atoms with E-state index in [9.17, 15) is 23.4 Å². The van der Waals surface area contributed by atoms with Crippen LogP contribution in [0.4, 0.5) is 5.69 Å². The molecule has 34 heavy (non-hydrogen) atoms. The standard InChI is InChI=1S/C21H26N4O7S2/c1-5-12(14-6-10(2)8-31-14)22-16-17(20(28)19(16)27)23-13-9-33-21(18(13)26)34(29,30)25(4)15-7-11(3)32-24-15/h6,8-9,11-12,19,22-23,26-27H,5,7H2,1-4H3/t11?,12-,19?/m1/s1. The minimum absolute atomic E-state index is 0.0337. The number of anilines is 1. The van der Waals surface area contributed by atoms with Gasteiger partial charge in [0.05, 0.1) is 23.7 Å². The van der Waals surface area contributed by atoms with Gasteiger partial charge in [-0.05, 0) is 31.9 Å². The molecule has 2 unspecified atom stereocenters. The number of ketones is 1. The molecule has 13 heteroatoms. The van der Waals surface area contributed by atoms with E-state index in [1.165, 1.54) is 12.4 Å². The number of carbonyl (C=O) groups excluding carboxylic acids is 1. The molecule has 0 saturated carbocycles. The highest BCUT2D eigenvalue weighted by Crippen LogP contribution is 2.41. The zero-order valence-electron chi connectivity index (χ0n) is 19.0. The number of aromatic hydroxyl groups is 1. The fourth-order valence-corrected chi connectivity index (χ4v) is 6.18. The number of hydrogen-bond acceptors (Lipinski definition) is 11. The second kappa shape index (κ2) is 8.96. The average molecular weight is 511 g/mol. The number of thiophene rings is 1. The van der Waals surface area contributed by atoms with Gasteiger partial charge in [0.25, 0.3) is 10.0 Å². The summed E-state index contributed by atoms with van der Waals surface area (Å²) in [6.45, 7) is 5.58. The Hall–Kier alpha value is -3.03. The number of sulfonamides is 1. The zero-order chi connectivity index (χ0) is 24.8. The molecule has 3 heterocycles. The molecule has 0 fully saturated rings. The molecule has 0 radical (unpaired) electrons. The Kier molecular flexibility index (Phi) is 6.36. The number of nitrogens with zero attached hydrogens (tertiary/aromatic N) is 2. The second-order valence-electron chi connectivity index (χ2n) is 8.20. The quantitative estimate of drug-likeness (QED) is 0.419. The molecular formula is C21H26N4O7S2. The van der Waals surface area contributed by atoms with Gasteiger partial charge in [-0.25, -0.2) is 8.42 Å². The molecule has 1 aliphatic heterocycles. The highest BCUT2D eigenvalue weighted by molar-refractivity contribution is 7.91. The maximum atomic E-state index is 13.0. The molecule has 0 spiro atoms. The third-order valence-electron chi connectivity index (χ3n) is 5.63. The normalized spacial score (nSPS) is 21.1. The van der Waals surface area contributed by atoms with Gasteiger partial charge >= 0.3 is 0 Å². The Labute approximate surface area is 200 Å². The van der Waals surface area contributed by atoms with Crippen molar-refractivity contribution < 1.29 is 32.7 Å². The van der Waals surface area contributed by atoms with Crippen LogP contribution in [0.15, 0.2) is 42.9 Å². The maximum absolute atomic E-state index is 13.0. The van der Waals surface area contributed by atoms with Crippen LogP contribution in [0.25, 0.3) is 0 Å². The first-order chi connectivity index (χ1) is 16.0. The monoisotopic (exact) mass is 510 g/mol. The number of aliphatic hydroxyl groups is 1. The largest absolute Gasteiger partial charge is 0.504 e. The van der Waals surface area contributed by atoms with Crippen molar-refractivity contribution in [3.05, 3.63) is 40.4 Å². The molecule has 2 aliphatic rings. The molecule has 4 N–H and O–H groups in total. The third kappa shape index (κ3) is 4.14. The van der Waals surface area contributed by atoms with Gasteiger partial charge in [0.2, 0.25) is 5.78 Å². The van der Waals surface area contributed by atoms with E-state index < -0.39 is 27.7 Å². The van der Waals surface area contributed by atoms with Crippen LogP contribution in [-0.2, 0) is 19.7 Å². The van der Waals surface area contributed by atoms with Crippen molar-refractivity contribution in [3.63, 3.8) is 0 Å². The van der Waals surface area contributed by atoms with Gasteiger partial charge in [-0.3, -0.25) is 9.10 Å². The van der Waals surface area contributed by atoms with E-state index in [1.807, 2.05) is 19.9 Å². The summed E-state index contributed by atoms with van der Waals surface area (Å²) >= 11 is 0.799. The summed E-state index contributed by atoms with van der Waals surface area (Å²) in [5.41, 5.74) is 1.26. The van der Waals surface area contributed by atoms with Gasteiger partial charge in [0, 0.05) is 18.8 Å². The van der Waals surface area contributed by atoms with Gasteiger partial charge in [-0.15, -0.1) is 11.3 Å². The van der Waals surface area contributed by atoms with Gasteiger partial charge in [0.15, 0.2) is 21.9 Å². The Morgan fingerprint density at radius 2 is 2.15 bits per heavy atom. The van der Waals surface area contributed by atoms with E-state index >= 15 is 0 Å².